The third kappa shape index (κ3) is 3.40. The summed E-state index contributed by atoms with van der Waals surface area (Å²) in [5.74, 6) is 0.866. The lowest BCUT2D eigenvalue weighted by atomic mass is 9.76. The van der Waals surface area contributed by atoms with E-state index in [4.69, 9.17) is 4.74 Å². The van der Waals surface area contributed by atoms with Crippen LogP contribution in [0.4, 0.5) is 11.4 Å². The maximum absolute atomic E-state index is 13.1. The molecule has 4 rings (SSSR count). The Morgan fingerprint density at radius 3 is 2.71 bits per heavy atom. The van der Waals surface area contributed by atoms with Gasteiger partial charge in [0.25, 0.3) is 0 Å². The smallest absolute Gasteiger partial charge is 0.167 e. The van der Waals surface area contributed by atoms with Gasteiger partial charge in [-0.1, -0.05) is 32.0 Å². The van der Waals surface area contributed by atoms with E-state index in [-0.39, 0.29) is 11.2 Å². The molecule has 3 aromatic rings. The van der Waals surface area contributed by atoms with E-state index < -0.39 is 0 Å². The first-order chi connectivity index (χ1) is 13.5. The number of carbonyl (C=O) groups is 1. The van der Waals surface area contributed by atoms with Crippen LogP contribution in [0.1, 0.15) is 43.2 Å². The molecule has 2 aromatic heterocycles. The molecule has 0 bridgehead atoms. The number of benzene rings is 1. The van der Waals surface area contributed by atoms with Crippen LogP contribution in [0.15, 0.2) is 48.8 Å². The molecule has 1 aliphatic rings. The quantitative estimate of drug-likeness (QED) is 0.629. The molecule has 0 atom stereocenters. The van der Waals surface area contributed by atoms with Crippen molar-refractivity contribution in [3.05, 3.63) is 60.0 Å². The van der Waals surface area contributed by atoms with Gasteiger partial charge < -0.3 is 15.0 Å². The van der Waals surface area contributed by atoms with Crippen LogP contribution in [0.5, 0.6) is 5.75 Å². The predicted octanol–water partition coefficient (Wildman–Crippen LogP) is 5.37. The Hall–Kier alpha value is -3.08. The van der Waals surface area contributed by atoms with Gasteiger partial charge in [-0.15, -0.1) is 0 Å². The molecule has 0 aliphatic heterocycles. The highest BCUT2D eigenvalue weighted by molar-refractivity contribution is 6.08. The number of ether oxygens (including phenoxy) is 1. The zero-order valence-electron chi connectivity index (χ0n) is 16.5. The Balaban J connectivity index is 1.90. The van der Waals surface area contributed by atoms with Gasteiger partial charge in [0.15, 0.2) is 5.78 Å². The molecule has 0 amide bonds. The van der Waals surface area contributed by atoms with Gasteiger partial charge in [0.05, 0.1) is 29.7 Å². The Kier molecular flexibility index (Phi) is 4.67. The summed E-state index contributed by atoms with van der Waals surface area (Å²) < 4.78 is 5.80. The van der Waals surface area contributed by atoms with E-state index in [2.05, 4.69) is 29.1 Å². The molecule has 5 heteroatoms. The number of hydrogen-bond acceptors (Lipinski definition) is 4. The first-order valence-corrected chi connectivity index (χ1v) is 9.66. The number of nitrogens with one attached hydrogen (secondary N) is 2. The van der Waals surface area contributed by atoms with Gasteiger partial charge in [-0.25, -0.2) is 0 Å². The molecular formula is C23H25N3O2. The molecule has 0 saturated heterocycles. The molecule has 144 valence electrons. The number of rotatable bonds is 5. The fourth-order valence-corrected chi connectivity index (χ4v) is 3.91. The molecule has 2 heterocycles. The first-order valence-electron chi connectivity index (χ1n) is 9.66. The normalized spacial score (nSPS) is 15.2. The highest BCUT2D eigenvalue weighted by Crippen LogP contribution is 2.44. The standard InChI is InChI=1S/C23H25N3O2/c1-4-28-19-14-24-11-10-16(19)21-22(25-15-8-6-5-7-9-15)20-17(26-21)12-23(2,3)13-18(20)27/h5-11,14,25-26H,4,12-13H2,1-3H3. The van der Waals surface area contributed by atoms with Gasteiger partial charge >= 0.3 is 0 Å². The van der Waals surface area contributed by atoms with Crippen molar-refractivity contribution in [2.24, 2.45) is 5.41 Å². The molecule has 0 spiro atoms. The number of aromatic amines is 1. The molecular weight excluding hydrogens is 350 g/mol. The second kappa shape index (κ2) is 7.15. The molecule has 28 heavy (non-hydrogen) atoms. The van der Waals surface area contributed by atoms with Crippen molar-refractivity contribution in [3.8, 4) is 17.0 Å². The number of aromatic nitrogens is 2. The van der Waals surface area contributed by atoms with Crippen molar-refractivity contribution in [2.75, 3.05) is 11.9 Å². The number of nitrogens with zero attached hydrogens (tertiary/aromatic N) is 1. The lowest BCUT2D eigenvalue weighted by Gasteiger charge is -2.28. The maximum atomic E-state index is 13.1. The highest BCUT2D eigenvalue weighted by atomic mass is 16.5. The van der Waals surface area contributed by atoms with Crippen LogP contribution in [0, 0.1) is 5.41 Å². The largest absolute Gasteiger partial charge is 0.492 e. The molecule has 1 aliphatic carbocycles. The topological polar surface area (TPSA) is 67.0 Å². The summed E-state index contributed by atoms with van der Waals surface area (Å²) in [6.45, 7) is 6.77. The number of ketones is 1. The number of anilines is 2. The Bertz CT molecular complexity index is 1010. The Morgan fingerprint density at radius 1 is 1.18 bits per heavy atom. The van der Waals surface area contributed by atoms with E-state index in [1.54, 1.807) is 12.4 Å². The van der Waals surface area contributed by atoms with Crippen LogP contribution in [0.2, 0.25) is 0 Å². The number of carbonyl (C=O) groups excluding carboxylic acids is 1. The number of Topliss-reactive ketones (excluding diaryl/α,β-unsaturated/α-hetero) is 1. The van der Waals surface area contributed by atoms with Gasteiger partial charge in [0.1, 0.15) is 5.75 Å². The van der Waals surface area contributed by atoms with E-state index in [0.29, 0.717) is 18.8 Å². The second-order valence-corrected chi connectivity index (χ2v) is 7.97. The average molecular weight is 375 g/mol. The summed E-state index contributed by atoms with van der Waals surface area (Å²) in [7, 11) is 0. The first kappa shape index (κ1) is 18.3. The third-order valence-electron chi connectivity index (χ3n) is 5.05. The van der Waals surface area contributed by atoms with Crippen LogP contribution >= 0.6 is 0 Å². The van der Waals surface area contributed by atoms with Crippen molar-refractivity contribution in [1.82, 2.24) is 9.97 Å². The minimum absolute atomic E-state index is 0.0583. The van der Waals surface area contributed by atoms with Gasteiger partial charge in [0, 0.05) is 29.6 Å². The summed E-state index contributed by atoms with van der Waals surface area (Å²) in [5, 5.41) is 3.48. The molecule has 0 fully saturated rings. The van der Waals surface area contributed by atoms with Gasteiger partial charge in [0.2, 0.25) is 0 Å². The summed E-state index contributed by atoms with van der Waals surface area (Å²) in [6, 6.07) is 11.8. The zero-order chi connectivity index (χ0) is 19.7. The van der Waals surface area contributed by atoms with Crippen molar-refractivity contribution >= 4 is 17.2 Å². The average Bonchev–Trinajstić information content (AvgIpc) is 3.00. The summed E-state index contributed by atoms with van der Waals surface area (Å²) >= 11 is 0. The lowest BCUT2D eigenvalue weighted by Crippen LogP contribution is -2.26. The minimum Gasteiger partial charge on any atom is -0.492 e. The van der Waals surface area contributed by atoms with Crippen molar-refractivity contribution in [3.63, 3.8) is 0 Å². The predicted molar refractivity (Wildman–Crippen MR) is 111 cm³/mol. The molecule has 0 unspecified atom stereocenters. The third-order valence-corrected chi connectivity index (χ3v) is 5.05. The number of H-pyrrole nitrogens is 1. The SMILES string of the molecule is CCOc1cnccc1-c1[nH]c2c(c1Nc1ccccc1)C(=O)CC(C)(C)C2. The van der Waals surface area contributed by atoms with Crippen molar-refractivity contribution < 1.29 is 9.53 Å². The summed E-state index contributed by atoms with van der Waals surface area (Å²) in [6.07, 6.45) is 4.83. The van der Waals surface area contributed by atoms with Crippen LogP contribution in [-0.4, -0.2) is 22.4 Å². The van der Waals surface area contributed by atoms with Crippen LogP contribution in [0.25, 0.3) is 11.3 Å². The van der Waals surface area contributed by atoms with Gasteiger partial charge in [-0.3, -0.25) is 9.78 Å². The molecule has 1 aromatic carbocycles. The van der Waals surface area contributed by atoms with E-state index in [9.17, 15) is 4.79 Å². The summed E-state index contributed by atoms with van der Waals surface area (Å²) in [5.41, 5.74) is 5.20. The molecule has 2 N–H and O–H groups in total. The minimum atomic E-state index is -0.0583. The molecule has 5 nitrogen and oxygen atoms in total. The number of hydrogen-bond donors (Lipinski definition) is 2. The Labute approximate surface area is 165 Å². The Morgan fingerprint density at radius 2 is 1.96 bits per heavy atom. The molecule has 0 radical (unpaired) electrons. The highest BCUT2D eigenvalue weighted by Gasteiger charge is 2.36. The van der Waals surface area contributed by atoms with Crippen molar-refractivity contribution in [1.29, 1.82) is 0 Å². The van der Waals surface area contributed by atoms with Crippen molar-refractivity contribution in [2.45, 2.75) is 33.6 Å². The fourth-order valence-electron chi connectivity index (χ4n) is 3.91. The van der Waals surface area contributed by atoms with Crippen LogP contribution in [-0.2, 0) is 6.42 Å². The monoisotopic (exact) mass is 375 g/mol. The number of fused-ring (bicyclic) bond motifs is 1. The summed E-state index contributed by atoms with van der Waals surface area (Å²) in [4.78, 5) is 20.8. The van der Waals surface area contributed by atoms with Crippen LogP contribution in [0.3, 0.4) is 0 Å². The molecule has 0 saturated carbocycles. The maximum Gasteiger partial charge on any atom is 0.167 e. The van der Waals surface area contributed by atoms with Gasteiger partial charge in [-0.05, 0) is 37.0 Å². The number of para-hydroxylation sites is 1. The van der Waals surface area contributed by atoms with E-state index >= 15 is 0 Å². The van der Waals surface area contributed by atoms with E-state index in [1.807, 2.05) is 43.3 Å². The fraction of sp³-hybridized carbons (Fsp3) is 0.304. The second-order valence-electron chi connectivity index (χ2n) is 7.97. The zero-order valence-corrected chi connectivity index (χ0v) is 16.5. The van der Waals surface area contributed by atoms with E-state index in [1.165, 1.54) is 0 Å². The van der Waals surface area contributed by atoms with Gasteiger partial charge in [-0.2, -0.15) is 0 Å². The number of pyridine rings is 1. The van der Waals surface area contributed by atoms with Crippen LogP contribution < -0.4 is 10.1 Å². The van der Waals surface area contributed by atoms with E-state index in [0.717, 1.165) is 40.3 Å². The lowest BCUT2D eigenvalue weighted by molar-refractivity contribution is 0.0912.